The van der Waals surface area contributed by atoms with E-state index in [9.17, 15) is 5.11 Å². The molecule has 0 aromatic heterocycles. The molecule has 16 heavy (non-hydrogen) atoms. The third-order valence-corrected chi connectivity index (χ3v) is 2.41. The number of aliphatic hydroxyl groups is 1. The highest BCUT2D eigenvalue weighted by Crippen LogP contribution is 2.25. The summed E-state index contributed by atoms with van der Waals surface area (Å²) in [5.74, 6) is 0.180. The lowest BCUT2D eigenvalue weighted by Crippen LogP contribution is -2.31. The Labute approximate surface area is 94.6 Å². The standard InChI is InChI=1S/C13H14O3/c1-15-13(14)9-5-8-12(10-13)16-11-6-3-2-4-7-11/h2-9,14H,10H2,1H3. The minimum Gasteiger partial charge on any atom is -0.462 e. The van der Waals surface area contributed by atoms with E-state index in [1.54, 1.807) is 12.2 Å². The fourth-order valence-corrected chi connectivity index (χ4v) is 1.52. The van der Waals surface area contributed by atoms with Gasteiger partial charge in [-0.2, -0.15) is 0 Å². The van der Waals surface area contributed by atoms with Crippen molar-refractivity contribution in [1.82, 2.24) is 0 Å². The maximum atomic E-state index is 9.90. The summed E-state index contributed by atoms with van der Waals surface area (Å²) in [5.41, 5.74) is 0. The van der Waals surface area contributed by atoms with Crippen LogP contribution in [0.3, 0.4) is 0 Å². The number of rotatable bonds is 3. The highest BCUT2D eigenvalue weighted by molar-refractivity contribution is 5.27. The molecule has 1 aliphatic rings. The lowest BCUT2D eigenvalue weighted by Gasteiger charge is -2.26. The van der Waals surface area contributed by atoms with E-state index in [0.717, 1.165) is 5.75 Å². The first-order valence-corrected chi connectivity index (χ1v) is 5.11. The fraction of sp³-hybridized carbons (Fsp3) is 0.231. The molecule has 2 rings (SSSR count). The first-order valence-electron chi connectivity index (χ1n) is 5.11. The summed E-state index contributed by atoms with van der Waals surface area (Å²) in [5, 5.41) is 9.90. The van der Waals surface area contributed by atoms with Crippen LogP contribution in [-0.2, 0) is 4.74 Å². The van der Waals surface area contributed by atoms with Crippen molar-refractivity contribution in [3.05, 3.63) is 54.3 Å². The Kier molecular flexibility index (Phi) is 3.08. The van der Waals surface area contributed by atoms with Crippen LogP contribution in [0.2, 0.25) is 0 Å². The average molecular weight is 218 g/mol. The van der Waals surface area contributed by atoms with E-state index in [2.05, 4.69) is 0 Å². The van der Waals surface area contributed by atoms with E-state index in [4.69, 9.17) is 9.47 Å². The van der Waals surface area contributed by atoms with Gasteiger partial charge in [-0.05, 0) is 24.3 Å². The van der Waals surface area contributed by atoms with Crippen LogP contribution < -0.4 is 4.74 Å². The zero-order valence-electron chi connectivity index (χ0n) is 9.09. The van der Waals surface area contributed by atoms with Crippen molar-refractivity contribution < 1.29 is 14.6 Å². The van der Waals surface area contributed by atoms with Gasteiger partial charge in [0.2, 0.25) is 0 Å². The second-order valence-electron chi connectivity index (χ2n) is 3.63. The molecule has 1 N–H and O–H groups in total. The topological polar surface area (TPSA) is 38.7 Å². The SMILES string of the molecule is COC1(O)C=CC=C(Oc2ccccc2)C1. The first kappa shape index (κ1) is 10.9. The molecule has 3 heteroatoms. The van der Waals surface area contributed by atoms with Crippen molar-refractivity contribution in [3.8, 4) is 5.75 Å². The molecule has 0 aliphatic heterocycles. The van der Waals surface area contributed by atoms with E-state index in [1.807, 2.05) is 36.4 Å². The Morgan fingerprint density at radius 1 is 1.25 bits per heavy atom. The molecule has 84 valence electrons. The second kappa shape index (κ2) is 4.51. The molecule has 1 atom stereocenters. The third-order valence-electron chi connectivity index (χ3n) is 2.41. The van der Waals surface area contributed by atoms with Crippen molar-refractivity contribution in [2.45, 2.75) is 12.2 Å². The minimum atomic E-state index is -1.25. The molecule has 0 radical (unpaired) electrons. The van der Waals surface area contributed by atoms with Gasteiger partial charge in [-0.1, -0.05) is 24.3 Å². The second-order valence-corrected chi connectivity index (χ2v) is 3.63. The maximum Gasteiger partial charge on any atom is 0.192 e. The number of ether oxygens (including phenoxy) is 2. The predicted octanol–water partition coefficient (Wildman–Crippen LogP) is 2.24. The maximum absolute atomic E-state index is 9.90. The van der Waals surface area contributed by atoms with Gasteiger partial charge in [-0.25, -0.2) is 0 Å². The number of hydrogen-bond acceptors (Lipinski definition) is 3. The van der Waals surface area contributed by atoms with Crippen LogP contribution in [0.1, 0.15) is 6.42 Å². The number of hydrogen-bond donors (Lipinski definition) is 1. The van der Waals surface area contributed by atoms with Crippen molar-refractivity contribution in [2.24, 2.45) is 0 Å². The van der Waals surface area contributed by atoms with Gasteiger partial charge in [0.25, 0.3) is 0 Å². The smallest absolute Gasteiger partial charge is 0.192 e. The zero-order chi connectivity index (χ0) is 11.4. The summed E-state index contributed by atoms with van der Waals surface area (Å²) in [7, 11) is 1.47. The summed E-state index contributed by atoms with van der Waals surface area (Å²) in [4.78, 5) is 0. The average Bonchev–Trinajstić information content (AvgIpc) is 2.30. The van der Waals surface area contributed by atoms with Crippen LogP contribution in [0, 0.1) is 0 Å². The lowest BCUT2D eigenvalue weighted by atomic mass is 10.1. The summed E-state index contributed by atoms with van der Waals surface area (Å²) >= 11 is 0. The molecular formula is C13H14O3. The first-order chi connectivity index (χ1) is 7.72. The largest absolute Gasteiger partial charge is 0.462 e. The molecule has 3 nitrogen and oxygen atoms in total. The summed E-state index contributed by atoms with van der Waals surface area (Å²) in [6.07, 6.45) is 5.46. The number of allylic oxidation sites excluding steroid dienone is 2. The van der Waals surface area contributed by atoms with Gasteiger partial charge in [0, 0.05) is 7.11 Å². The molecule has 1 aromatic rings. The highest BCUT2D eigenvalue weighted by atomic mass is 16.6. The van der Waals surface area contributed by atoms with Gasteiger partial charge >= 0.3 is 0 Å². The van der Waals surface area contributed by atoms with Gasteiger partial charge < -0.3 is 14.6 Å². The van der Waals surface area contributed by atoms with Crippen LogP contribution in [0.25, 0.3) is 0 Å². The van der Waals surface area contributed by atoms with E-state index in [-0.39, 0.29) is 0 Å². The molecule has 0 saturated heterocycles. The van der Waals surface area contributed by atoms with Gasteiger partial charge in [0.05, 0.1) is 6.42 Å². The van der Waals surface area contributed by atoms with Crippen molar-refractivity contribution in [2.75, 3.05) is 7.11 Å². The van der Waals surface area contributed by atoms with Crippen LogP contribution in [0.15, 0.2) is 54.3 Å². The molecular weight excluding hydrogens is 204 g/mol. The van der Waals surface area contributed by atoms with Gasteiger partial charge in [0.1, 0.15) is 11.5 Å². The summed E-state index contributed by atoms with van der Waals surface area (Å²) in [6.45, 7) is 0. The van der Waals surface area contributed by atoms with Crippen molar-refractivity contribution in [3.63, 3.8) is 0 Å². The van der Waals surface area contributed by atoms with Gasteiger partial charge in [-0.15, -0.1) is 0 Å². The predicted molar refractivity (Wildman–Crippen MR) is 60.9 cm³/mol. The third kappa shape index (κ3) is 2.51. The van der Waals surface area contributed by atoms with Gasteiger partial charge in [-0.3, -0.25) is 0 Å². The van der Waals surface area contributed by atoms with E-state index in [0.29, 0.717) is 12.2 Å². The minimum absolute atomic E-state index is 0.314. The van der Waals surface area contributed by atoms with Crippen LogP contribution in [0.5, 0.6) is 5.75 Å². The quantitative estimate of drug-likeness (QED) is 0.791. The van der Waals surface area contributed by atoms with E-state index >= 15 is 0 Å². The van der Waals surface area contributed by atoms with E-state index in [1.165, 1.54) is 7.11 Å². The van der Waals surface area contributed by atoms with Crippen LogP contribution >= 0.6 is 0 Å². The highest BCUT2D eigenvalue weighted by Gasteiger charge is 2.27. The number of benzene rings is 1. The Morgan fingerprint density at radius 3 is 2.69 bits per heavy atom. The molecule has 0 fully saturated rings. The lowest BCUT2D eigenvalue weighted by molar-refractivity contribution is -0.148. The molecule has 0 heterocycles. The number of methoxy groups -OCH3 is 1. The molecule has 1 aromatic carbocycles. The molecule has 0 bridgehead atoms. The summed E-state index contributed by atoms with van der Waals surface area (Å²) < 4.78 is 10.6. The molecule has 0 saturated carbocycles. The Balaban J connectivity index is 2.07. The van der Waals surface area contributed by atoms with Crippen LogP contribution in [-0.4, -0.2) is 18.0 Å². The normalized spacial score (nSPS) is 24.0. The molecule has 1 aliphatic carbocycles. The van der Waals surface area contributed by atoms with Crippen molar-refractivity contribution in [1.29, 1.82) is 0 Å². The molecule has 0 amide bonds. The Morgan fingerprint density at radius 2 is 2.00 bits per heavy atom. The van der Waals surface area contributed by atoms with Crippen LogP contribution in [0.4, 0.5) is 0 Å². The Hall–Kier alpha value is -1.58. The Bertz CT molecular complexity index is 408. The van der Waals surface area contributed by atoms with E-state index < -0.39 is 5.79 Å². The monoisotopic (exact) mass is 218 g/mol. The number of para-hydroxylation sites is 1. The zero-order valence-corrected chi connectivity index (χ0v) is 9.09. The van der Waals surface area contributed by atoms with Crippen molar-refractivity contribution >= 4 is 0 Å². The van der Waals surface area contributed by atoms with Gasteiger partial charge in [0.15, 0.2) is 5.79 Å². The molecule has 0 spiro atoms. The fourth-order valence-electron chi connectivity index (χ4n) is 1.52. The summed E-state index contributed by atoms with van der Waals surface area (Å²) in [6, 6.07) is 9.46. The molecule has 1 unspecified atom stereocenters.